The highest BCUT2D eigenvalue weighted by atomic mass is 19.4. The van der Waals surface area contributed by atoms with Crippen molar-refractivity contribution >= 4 is 35.1 Å². The van der Waals surface area contributed by atoms with Gasteiger partial charge in [0.2, 0.25) is 0 Å². The first-order chi connectivity index (χ1) is 17.1. The topological polar surface area (TPSA) is 148 Å². The highest BCUT2D eigenvalue weighted by molar-refractivity contribution is 6.34. The lowest BCUT2D eigenvalue weighted by Crippen LogP contribution is -2.25. The number of aromatic amines is 1. The van der Waals surface area contributed by atoms with Gasteiger partial charge in [-0.3, -0.25) is 14.6 Å². The lowest BCUT2D eigenvalue weighted by Gasteiger charge is -2.03. The molecule has 0 saturated heterocycles. The zero-order chi connectivity index (χ0) is 26.3. The summed E-state index contributed by atoms with van der Waals surface area (Å²) < 4.78 is 31.7. The number of halogens is 3. The number of aromatic nitrogens is 2. The molecule has 3 aromatic rings. The third kappa shape index (κ3) is 6.57. The number of nitrogens with zero attached hydrogens (tertiary/aromatic N) is 2. The van der Waals surface area contributed by atoms with E-state index in [1.807, 2.05) is 18.2 Å². The van der Waals surface area contributed by atoms with Crippen LogP contribution in [0.25, 0.3) is 11.6 Å². The predicted octanol–water partition coefficient (Wildman–Crippen LogP) is 3.38. The van der Waals surface area contributed by atoms with E-state index < -0.39 is 12.1 Å². The van der Waals surface area contributed by atoms with Crippen molar-refractivity contribution < 1.29 is 32.7 Å². The van der Waals surface area contributed by atoms with Gasteiger partial charge in [0.25, 0.3) is 11.8 Å². The van der Waals surface area contributed by atoms with Crippen molar-refractivity contribution in [3.05, 3.63) is 82.9 Å². The van der Waals surface area contributed by atoms with Gasteiger partial charge in [0.15, 0.2) is 0 Å². The number of benzene rings is 1. The van der Waals surface area contributed by atoms with E-state index in [2.05, 4.69) is 26.7 Å². The number of carboxylic acids is 1. The van der Waals surface area contributed by atoms with Crippen molar-refractivity contribution in [2.45, 2.75) is 12.6 Å². The molecule has 12 heteroatoms. The maximum absolute atomic E-state index is 12.3. The number of H-pyrrole nitrogens is 1. The number of aliphatic carboxylic acids is 1. The van der Waals surface area contributed by atoms with Crippen molar-refractivity contribution in [1.82, 2.24) is 15.3 Å². The van der Waals surface area contributed by atoms with Crippen molar-refractivity contribution in [3.63, 3.8) is 0 Å². The van der Waals surface area contributed by atoms with Gasteiger partial charge in [0, 0.05) is 48.0 Å². The van der Waals surface area contributed by atoms with Crippen LogP contribution in [0.15, 0.2) is 54.9 Å². The SMILES string of the molecule is N#Cc1ccc2c(c1)/C(=C/c1cc(C(=O)NCCc3ccccn3)c[nH]1)C(=O)N2.O=C(O)C(F)(F)F. The van der Waals surface area contributed by atoms with Crippen LogP contribution < -0.4 is 10.6 Å². The number of carbonyl (C=O) groups is 3. The number of fused-ring (bicyclic) bond motifs is 1. The summed E-state index contributed by atoms with van der Waals surface area (Å²) >= 11 is 0. The Balaban J connectivity index is 0.000000454. The average molecular weight is 497 g/mol. The van der Waals surface area contributed by atoms with Crippen LogP contribution in [0.3, 0.4) is 0 Å². The molecule has 4 N–H and O–H groups in total. The Hall–Kier alpha value is -4.92. The van der Waals surface area contributed by atoms with E-state index >= 15 is 0 Å². The molecule has 1 aliphatic heterocycles. The molecule has 0 spiro atoms. The Kier molecular flexibility index (Phi) is 7.85. The molecule has 2 amide bonds. The predicted molar refractivity (Wildman–Crippen MR) is 122 cm³/mol. The van der Waals surface area contributed by atoms with Crippen LogP contribution in [0.4, 0.5) is 18.9 Å². The standard InChI is InChI=1S/C22H17N5O2.C2HF3O2/c23-12-14-4-5-20-18(9-14)19(22(29)27-20)11-17-10-15(13-26-17)21(28)25-8-6-16-3-1-2-7-24-16;3-2(4,5)1(6)7/h1-5,7,9-11,13,26H,6,8H2,(H,25,28)(H,27,29);(H,6,7)/b19-11-;. The molecule has 1 aliphatic rings. The minimum atomic E-state index is -5.08. The van der Waals surface area contributed by atoms with Crippen molar-refractivity contribution in [2.24, 2.45) is 0 Å². The number of carboxylic acid groups (broad SMARTS) is 1. The molecule has 36 heavy (non-hydrogen) atoms. The van der Waals surface area contributed by atoms with Crippen molar-refractivity contribution in [2.75, 3.05) is 11.9 Å². The van der Waals surface area contributed by atoms with Crippen LogP contribution in [0.5, 0.6) is 0 Å². The lowest BCUT2D eigenvalue weighted by atomic mass is 10.0. The van der Waals surface area contributed by atoms with E-state index in [1.165, 1.54) is 0 Å². The maximum Gasteiger partial charge on any atom is 0.490 e. The summed E-state index contributed by atoms with van der Waals surface area (Å²) in [5.41, 5.74) is 4.27. The molecule has 0 atom stereocenters. The van der Waals surface area contributed by atoms with Gasteiger partial charge >= 0.3 is 12.1 Å². The zero-order valence-electron chi connectivity index (χ0n) is 18.4. The summed E-state index contributed by atoms with van der Waals surface area (Å²) in [7, 11) is 0. The third-order valence-corrected chi connectivity index (χ3v) is 4.83. The Morgan fingerprint density at radius 3 is 2.58 bits per heavy atom. The molecule has 1 aromatic carbocycles. The number of nitriles is 1. The van der Waals surface area contributed by atoms with Crippen LogP contribution in [0.1, 0.15) is 32.9 Å². The highest BCUT2D eigenvalue weighted by Crippen LogP contribution is 2.33. The first kappa shape index (κ1) is 25.7. The van der Waals surface area contributed by atoms with Crippen LogP contribution in [0, 0.1) is 11.3 Å². The number of amides is 2. The molecule has 2 aromatic heterocycles. The summed E-state index contributed by atoms with van der Waals surface area (Å²) in [6, 6.07) is 14.5. The fourth-order valence-electron chi connectivity index (χ4n) is 3.13. The molecule has 4 rings (SSSR count). The molecule has 184 valence electrons. The number of alkyl halides is 3. The second-order valence-corrected chi connectivity index (χ2v) is 7.36. The number of carbonyl (C=O) groups excluding carboxylic acids is 2. The van der Waals surface area contributed by atoms with Gasteiger partial charge in [-0.2, -0.15) is 18.4 Å². The summed E-state index contributed by atoms with van der Waals surface area (Å²) in [6.45, 7) is 0.476. The number of hydrogen-bond donors (Lipinski definition) is 4. The summed E-state index contributed by atoms with van der Waals surface area (Å²) in [6.07, 6.45) is 0.557. The molecular formula is C24H18F3N5O4. The molecule has 0 saturated carbocycles. The van der Waals surface area contributed by atoms with Crippen LogP contribution in [-0.4, -0.2) is 45.6 Å². The molecule has 0 radical (unpaired) electrons. The van der Waals surface area contributed by atoms with E-state index in [1.54, 1.807) is 42.7 Å². The summed E-state index contributed by atoms with van der Waals surface area (Å²) in [5.74, 6) is -3.21. The minimum Gasteiger partial charge on any atom is -0.475 e. The highest BCUT2D eigenvalue weighted by Gasteiger charge is 2.38. The summed E-state index contributed by atoms with van der Waals surface area (Å²) in [5, 5.41) is 21.8. The number of anilines is 1. The first-order valence-electron chi connectivity index (χ1n) is 10.3. The fourth-order valence-corrected chi connectivity index (χ4v) is 3.13. The van der Waals surface area contributed by atoms with Gasteiger partial charge in [-0.25, -0.2) is 4.79 Å². The molecular weight excluding hydrogens is 479 g/mol. The molecule has 0 unspecified atom stereocenters. The largest absolute Gasteiger partial charge is 0.490 e. The van der Waals surface area contributed by atoms with Crippen LogP contribution in [-0.2, 0) is 16.0 Å². The van der Waals surface area contributed by atoms with Gasteiger partial charge < -0.3 is 20.7 Å². The molecule has 3 heterocycles. The lowest BCUT2D eigenvalue weighted by molar-refractivity contribution is -0.192. The number of pyridine rings is 1. The first-order valence-corrected chi connectivity index (χ1v) is 10.3. The molecule has 0 aliphatic carbocycles. The number of hydrogen-bond acceptors (Lipinski definition) is 5. The molecule has 0 bridgehead atoms. The van der Waals surface area contributed by atoms with E-state index in [0.29, 0.717) is 46.6 Å². The van der Waals surface area contributed by atoms with E-state index in [4.69, 9.17) is 15.2 Å². The minimum absolute atomic E-state index is 0.204. The maximum atomic E-state index is 12.3. The normalized spacial score (nSPS) is 13.2. The Morgan fingerprint density at radius 1 is 1.19 bits per heavy atom. The monoisotopic (exact) mass is 497 g/mol. The second-order valence-electron chi connectivity index (χ2n) is 7.36. The van der Waals surface area contributed by atoms with Gasteiger partial charge in [0.05, 0.1) is 22.8 Å². The smallest absolute Gasteiger partial charge is 0.475 e. The van der Waals surface area contributed by atoms with E-state index in [-0.39, 0.29) is 11.8 Å². The quantitative estimate of drug-likeness (QED) is 0.397. The Morgan fingerprint density at radius 2 is 1.94 bits per heavy atom. The average Bonchev–Trinajstić information content (AvgIpc) is 3.44. The van der Waals surface area contributed by atoms with E-state index in [0.717, 1.165) is 5.69 Å². The zero-order valence-corrected chi connectivity index (χ0v) is 18.4. The van der Waals surface area contributed by atoms with Crippen LogP contribution in [0.2, 0.25) is 0 Å². The number of rotatable bonds is 5. The third-order valence-electron chi connectivity index (χ3n) is 4.83. The summed E-state index contributed by atoms with van der Waals surface area (Å²) in [4.78, 5) is 40.8. The fraction of sp³-hybridized carbons (Fsp3) is 0.125. The Bertz CT molecular complexity index is 1360. The number of nitrogens with one attached hydrogen (secondary N) is 3. The Labute approximate surface area is 202 Å². The molecule has 0 fully saturated rings. The van der Waals surface area contributed by atoms with Gasteiger partial charge in [-0.05, 0) is 42.5 Å². The van der Waals surface area contributed by atoms with Crippen LogP contribution >= 0.6 is 0 Å². The van der Waals surface area contributed by atoms with Gasteiger partial charge in [0.1, 0.15) is 0 Å². The van der Waals surface area contributed by atoms with Crippen molar-refractivity contribution in [1.29, 1.82) is 5.26 Å². The second kappa shape index (κ2) is 11.0. The van der Waals surface area contributed by atoms with Gasteiger partial charge in [-0.15, -0.1) is 0 Å². The van der Waals surface area contributed by atoms with E-state index in [9.17, 15) is 22.8 Å². The van der Waals surface area contributed by atoms with Crippen molar-refractivity contribution in [3.8, 4) is 6.07 Å². The molecule has 9 nitrogen and oxygen atoms in total. The van der Waals surface area contributed by atoms with Gasteiger partial charge in [-0.1, -0.05) is 6.07 Å².